The number of piperidine rings is 1. The van der Waals surface area contributed by atoms with Crippen LogP contribution < -0.4 is 47.2 Å². The number of aliphatic hydroxyl groups is 1. The molecule has 8 aliphatic rings. The fraction of sp³-hybridized carbons (Fsp3) is 0.368. The van der Waals surface area contributed by atoms with Gasteiger partial charge in [0.2, 0.25) is 0 Å². The van der Waals surface area contributed by atoms with Crippen molar-refractivity contribution in [3.05, 3.63) is 310 Å². The minimum atomic E-state index is -0.775. The summed E-state index contributed by atoms with van der Waals surface area (Å²) in [5.74, 6) is 6.07. The molecule has 7 fully saturated rings. The largest absolute Gasteiger partial charge is 0.489 e. The first-order chi connectivity index (χ1) is 70.5. The van der Waals surface area contributed by atoms with E-state index in [1.54, 1.807) is 38.1 Å². The number of aliphatic hydroxyl groups excluding tert-OH is 1. The van der Waals surface area contributed by atoms with Gasteiger partial charge in [-0.2, -0.15) is 0 Å². The number of Topliss-reactive ketones (excluding diaryl/α,β-unsaturated/α-hetero) is 1. The molecule has 27 heteroatoms. The Balaban J connectivity index is 0.000000117. The van der Waals surface area contributed by atoms with Crippen LogP contribution in [0.15, 0.2) is 266 Å². The molecule has 0 bridgehead atoms. The van der Waals surface area contributed by atoms with Crippen molar-refractivity contribution in [2.75, 3.05) is 139 Å². The zero-order valence-corrected chi connectivity index (χ0v) is 83.4. The number of benzene rings is 8. The van der Waals surface area contributed by atoms with E-state index in [0.29, 0.717) is 103 Å². The third kappa shape index (κ3) is 23.4. The maximum Gasteiger partial charge on any atom is 0.259 e. The van der Waals surface area contributed by atoms with Gasteiger partial charge in [0, 0.05) is 160 Å². The zero-order chi connectivity index (χ0) is 98.4. The number of carbonyl (C=O) groups excluding carboxylic acids is 1. The summed E-state index contributed by atoms with van der Waals surface area (Å²) < 4.78 is 30.5. The van der Waals surface area contributed by atoms with Gasteiger partial charge >= 0.3 is 0 Å². The van der Waals surface area contributed by atoms with Gasteiger partial charge in [-0.25, -0.2) is 24.9 Å². The number of ketones is 1. The molecule has 5 aliphatic heterocycles. The van der Waals surface area contributed by atoms with Crippen molar-refractivity contribution in [2.24, 2.45) is 22.7 Å². The highest BCUT2D eigenvalue weighted by Gasteiger charge is 2.38. The summed E-state index contributed by atoms with van der Waals surface area (Å²) in [6, 6.07) is 71.9. The van der Waals surface area contributed by atoms with Gasteiger partial charge < -0.3 is 80.0 Å². The number of nitrogens with one attached hydrogen (secondary N) is 2. The molecular formula is C117H132ClN19O7. The predicted octanol–water partition coefficient (Wildman–Crippen LogP) is 20.8. The highest BCUT2D eigenvalue weighted by molar-refractivity contribution is 6.30. The second-order valence-corrected chi connectivity index (χ2v) is 40.6. The molecule has 0 unspecified atom stereocenters. The van der Waals surface area contributed by atoms with Crippen LogP contribution in [-0.2, 0) is 35.8 Å². The SMILES string of the molecule is COCCN1CCN(c2cc(C)c3c(c2)CC(c2c(NC[C@@H](O)c4cccc(Cl)c4)cc[nH]c2=O)=N3)CC1.Nc1ccnc2c1c(-c1cccc(OCc3ccccc3)c1)cn2C1CC(CN2CCCC2)C1.Nc1ncnc2c1c(-c1cccc(OCc3ccccc3)c1)cn2C1CC(CCC(=O)CN2CCCCC2)C1.Nc1ncnc2c1c(-c1cccc(OCc3ccccc3)c1)cn2C1CC(CN2CCC2)C1. The van der Waals surface area contributed by atoms with E-state index in [-0.39, 0.29) is 12.1 Å². The Morgan fingerprint density at radius 3 is 1.52 bits per heavy atom. The number of anilines is 5. The van der Waals surface area contributed by atoms with Crippen molar-refractivity contribution in [3.63, 3.8) is 0 Å². The van der Waals surface area contributed by atoms with Crippen molar-refractivity contribution < 1.29 is 28.8 Å². The van der Waals surface area contributed by atoms with Gasteiger partial charge in [0.25, 0.3) is 5.56 Å². The van der Waals surface area contributed by atoms with E-state index in [0.717, 1.165) is 212 Å². The lowest BCUT2D eigenvalue weighted by molar-refractivity contribution is -0.120. The van der Waals surface area contributed by atoms with Gasteiger partial charge in [0.05, 0.1) is 52.7 Å². The molecule has 0 spiro atoms. The fourth-order valence-corrected chi connectivity index (χ4v) is 22.2. The number of piperazine rings is 1. The molecule has 9 N–H and O–H groups in total. The van der Waals surface area contributed by atoms with Crippen LogP contribution in [0, 0.1) is 24.7 Å². The van der Waals surface area contributed by atoms with E-state index in [1.807, 2.05) is 115 Å². The lowest BCUT2D eigenvalue weighted by Gasteiger charge is -2.42. The number of aryl methyl sites for hydroxylation is 1. The molecule has 26 nitrogen and oxygen atoms in total. The number of hydrogen-bond donors (Lipinski definition) is 6. The second kappa shape index (κ2) is 46.0. The number of aliphatic imine (C=N–C) groups is 1. The molecule has 15 aromatic rings. The minimum absolute atomic E-state index is 0.205. The van der Waals surface area contributed by atoms with Crippen molar-refractivity contribution >= 4 is 90.6 Å². The van der Waals surface area contributed by atoms with Crippen LogP contribution >= 0.6 is 11.6 Å². The number of aromatic nitrogens is 9. The Kier molecular flexibility index (Phi) is 31.3. The monoisotopic (exact) mass is 1950 g/mol. The minimum Gasteiger partial charge on any atom is -0.489 e. The zero-order valence-electron chi connectivity index (χ0n) is 82.6. The van der Waals surface area contributed by atoms with Crippen LogP contribution in [0.4, 0.5) is 34.4 Å². The molecule has 3 saturated carbocycles. The molecule has 7 aromatic heterocycles. The van der Waals surface area contributed by atoms with E-state index < -0.39 is 6.10 Å². The van der Waals surface area contributed by atoms with Crippen LogP contribution in [0.25, 0.3) is 66.5 Å². The summed E-state index contributed by atoms with van der Waals surface area (Å²) in [4.78, 5) is 68.2. The van der Waals surface area contributed by atoms with Crippen LogP contribution in [0.1, 0.15) is 153 Å². The van der Waals surface area contributed by atoms with Gasteiger partial charge in [-0.3, -0.25) is 24.4 Å². The summed E-state index contributed by atoms with van der Waals surface area (Å²) in [6.07, 6.45) is 29.5. The molecule has 4 saturated heterocycles. The number of halogens is 1. The molecule has 0 amide bonds. The Bertz CT molecular complexity index is 6990. The molecule has 744 valence electrons. The topological polar surface area (TPSA) is 305 Å². The second-order valence-electron chi connectivity index (χ2n) is 40.2. The van der Waals surface area contributed by atoms with E-state index in [9.17, 15) is 14.7 Å². The normalized spacial score (nSPS) is 19.1. The average Bonchev–Trinajstić information content (AvgIpc) is 1.61. The number of likely N-dealkylation sites (tertiary alicyclic amines) is 3. The van der Waals surface area contributed by atoms with Crippen LogP contribution in [0.2, 0.25) is 5.02 Å². The lowest BCUT2D eigenvalue weighted by atomic mass is 9.77. The van der Waals surface area contributed by atoms with Crippen molar-refractivity contribution in [1.29, 1.82) is 0 Å². The summed E-state index contributed by atoms with van der Waals surface area (Å²) >= 11 is 6.08. The number of aromatic amines is 1. The summed E-state index contributed by atoms with van der Waals surface area (Å²) in [5.41, 5.74) is 39.5. The Morgan fingerprint density at radius 2 is 1.01 bits per heavy atom. The number of nitrogens with two attached hydrogens (primary N) is 3. The van der Waals surface area contributed by atoms with E-state index in [2.05, 4.69) is 185 Å². The number of H-pyrrole nitrogens is 1. The summed E-state index contributed by atoms with van der Waals surface area (Å²) in [6.45, 7) is 20.0. The molecule has 23 rings (SSSR count). The van der Waals surface area contributed by atoms with E-state index in [4.69, 9.17) is 57.7 Å². The van der Waals surface area contributed by atoms with Crippen molar-refractivity contribution in [2.45, 2.75) is 147 Å². The van der Waals surface area contributed by atoms with Crippen LogP contribution in [0.3, 0.4) is 0 Å². The van der Waals surface area contributed by atoms with E-state index >= 15 is 0 Å². The predicted molar refractivity (Wildman–Crippen MR) is 577 cm³/mol. The van der Waals surface area contributed by atoms with Gasteiger partial charge in [0.15, 0.2) is 0 Å². The average molecular weight is 1950 g/mol. The Labute approximate surface area is 847 Å². The number of nitrogens with zero attached hydrogens (tertiary/aromatic N) is 14. The first-order valence-electron chi connectivity index (χ1n) is 51.6. The third-order valence-corrected chi connectivity index (χ3v) is 30.4. The molecule has 144 heavy (non-hydrogen) atoms. The quantitative estimate of drug-likeness (QED) is 0.0223. The summed E-state index contributed by atoms with van der Waals surface area (Å²) in [7, 11) is 1.74. The highest BCUT2D eigenvalue weighted by Crippen LogP contribution is 2.49. The number of carbonyl (C=O) groups is 1. The van der Waals surface area contributed by atoms with Gasteiger partial charge in [-0.05, 0) is 264 Å². The number of rotatable bonds is 33. The number of fused-ring (bicyclic) bond motifs is 4. The van der Waals surface area contributed by atoms with Gasteiger partial charge in [-0.1, -0.05) is 158 Å². The molecule has 8 aromatic carbocycles. The molecule has 12 heterocycles. The third-order valence-electron chi connectivity index (χ3n) is 30.2. The lowest BCUT2D eigenvalue weighted by Crippen LogP contribution is -2.47. The van der Waals surface area contributed by atoms with Crippen molar-refractivity contribution in [3.8, 4) is 50.6 Å². The number of methoxy groups -OCH3 is 1. The molecule has 3 aliphatic carbocycles. The van der Waals surface area contributed by atoms with E-state index in [1.165, 1.54) is 109 Å². The smallest absolute Gasteiger partial charge is 0.259 e. The molecule has 0 radical (unpaired) electrons. The number of hydrogen-bond acceptors (Lipinski definition) is 22. The Morgan fingerprint density at radius 1 is 0.514 bits per heavy atom. The Hall–Kier alpha value is -13.6. The standard InChI is InChI=1S/C32H37N5O2.C29H34ClN5O3.C29H32N4O.C27H29N5O/c33-31-30-29(25-10-7-11-28(18-25)39-21-23-8-3-1-4-9-23)20-37(32(30)35-22-34-31)26-16-24(17-26)12-13-27(38)19-36-14-5-2-6-15-36;1-19-14-23(35-10-8-34(9-11-35)12-13-38-2)16-21-17-25(33-28(19)21)27-24(6-7-31-29(27)37)32-18-26(36)20-4-3-5-22(30)15-20;30-27-11-12-31-29-28(27)26(19-33(29)24-15-22(16-24)18-32-13-4-5-14-32)23-9-6-10-25(17-23)34-20-21-7-2-1-3-8-21;28-26-25-24(21-8-4-9-23(14-21)33-17-19-6-2-1-3-7-19)16-32(27(25)30-18-29-26)22-12-20(13-22)15-31-10-5-11-31/h1,3-4,7-11,18,20,22,24,26H,2,5-6,12-17,19,21H2,(H2,33,34,35);3-7,14-16,26,36H,8-13,17-18H2,1-2H3,(H2,31,32,37);1-3,6-12,17,19,22,24H,4-5,13-16,18,20H2,(H2,30,31);1-4,6-9,14,16,18,20,22H,5,10-13,15,17H2,(H2,28,29,30)/t;26-;;/m.1../s1. The first kappa shape index (κ1) is 97.9. The molecular weight excluding hydrogens is 1820 g/mol. The van der Waals surface area contributed by atoms with Gasteiger partial charge in [-0.15, -0.1) is 0 Å². The number of pyridine rings is 2. The van der Waals surface area contributed by atoms with Crippen molar-refractivity contribution in [1.82, 2.24) is 63.2 Å². The highest BCUT2D eigenvalue weighted by atomic mass is 35.5. The van der Waals surface area contributed by atoms with Gasteiger partial charge in [0.1, 0.15) is 84.1 Å². The first-order valence-corrected chi connectivity index (χ1v) is 52.0. The van der Waals surface area contributed by atoms with Crippen LogP contribution in [0.5, 0.6) is 17.2 Å². The maximum absolute atomic E-state index is 13.0. The van der Waals surface area contributed by atoms with Crippen LogP contribution in [-0.4, -0.2) is 192 Å². The molecule has 1 atom stereocenters. The maximum atomic E-state index is 13.0. The number of nitrogen functional groups attached to an aromatic ring is 3. The summed E-state index contributed by atoms with van der Waals surface area (Å²) in [5, 5.41) is 17.4. The fourth-order valence-electron chi connectivity index (χ4n) is 22.0. The number of ether oxygens (including phenoxy) is 4.